The average Bonchev–Trinajstić information content (AvgIpc) is 3.44. The summed E-state index contributed by atoms with van der Waals surface area (Å²) in [5, 5.41) is 5.34. The minimum atomic E-state index is -0.158. The highest BCUT2D eigenvalue weighted by Gasteiger charge is 2.42. The van der Waals surface area contributed by atoms with E-state index in [1.54, 1.807) is 12.3 Å². The van der Waals surface area contributed by atoms with Gasteiger partial charge in [-0.2, -0.15) is 0 Å². The summed E-state index contributed by atoms with van der Waals surface area (Å²) in [4.78, 5) is 8.88. The maximum absolute atomic E-state index is 6.60. The Bertz CT molecular complexity index is 1320. The van der Waals surface area contributed by atoms with Gasteiger partial charge in [0.05, 0.1) is 22.4 Å². The Morgan fingerprint density at radius 2 is 1.76 bits per heavy atom. The van der Waals surface area contributed by atoms with Gasteiger partial charge in [0.2, 0.25) is 0 Å². The molecule has 0 saturated carbocycles. The zero-order chi connectivity index (χ0) is 23.8. The number of rotatable bonds is 5. The van der Waals surface area contributed by atoms with Crippen LogP contribution in [-0.4, -0.2) is 28.8 Å². The normalized spacial score (nSPS) is 17.6. The molecule has 0 bridgehead atoms. The van der Waals surface area contributed by atoms with E-state index in [1.807, 2.05) is 56.7 Å². The minimum Gasteiger partial charge on any atom is -0.378 e. The monoisotopic (exact) mass is 507 g/mol. The van der Waals surface area contributed by atoms with E-state index in [9.17, 15) is 0 Å². The molecule has 2 aromatic heterocycles. The Kier molecular flexibility index (Phi) is 6.21. The predicted molar refractivity (Wildman–Crippen MR) is 144 cm³/mol. The molecular formula is C26H23Cl2N5S. The van der Waals surface area contributed by atoms with Crippen molar-refractivity contribution in [1.82, 2.24) is 14.9 Å². The van der Waals surface area contributed by atoms with Crippen LogP contribution in [0.1, 0.15) is 23.5 Å². The van der Waals surface area contributed by atoms with Crippen molar-refractivity contribution in [2.24, 2.45) is 0 Å². The molecule has 3 heterocycles. The number of aromatic nitrogens is 2. The highest BCUT2D eigenvalue weighted by molar-refractivity contribution is 7.80. The molecule has 0 amide bonds. The van der Waals surface area contributed by atoms with Crippen LogP contribution in [0.25, 0.3) is 5.69 Å². The molecule has 1 N–H and O–H groups in total. The first-order chi connectivity index (χ1) is 16.4. The molecule has 1 saturated heterocycles. The second-order valence-electron chi connectivity index (χ2n) is 8.31. The molecule has 4 aromatic rings. The molecule has 0 aliphatic carbocycles. The summed E-state index contributed by atoms with van der Waals surface area (Å²) in [5.41, 5.74) is 4.92. The van der Waals surface area contributed by atoms with Gasteiger partial charge < -0.3 is 19.7 Å². The summed E-state index contributed by atoms with van der Waals surface area (Å²) < 4.78 is 2.09. The largest absolute Gasteiger partial charge is 0.378 e. The topological polar surface area (TPSA) is 36.3 Å². The molecule has 172 valence electrons. The van der Waals surface area contributed by atoms with Crippen LogP contribution in [0.5, 0.6) is 0 Å². The van der Waals surface area contributed by atoms with E-state index in [0.717, 1.165) is 28.5 Å². The lowest BCUT2D eigenvalue weighted by Crippen LogP contribution is -2.30. The van der Waals surface area contributed by atoms with Crippen LogP contribution >= 0.6 is 35.4 Å². The van der Waals surface area contributed by atoms with Crippen molar-refractivity contribution in [3.05, 3.63) is 107 Å². The quantitative estimate of drug-likeness (QED) is 0.315. The Morgan fingerprint density at radius 3 is 2.44 bits per heavy atom. The minimum absolute atomic E-state index is 0.151. The fourth-order valence-corrected chi connectivity index (χ4v) is 5.22. The van der Waals surface area contributed by atoms with Gasteiger partial charge in [0.25, 0.3) is 0 Å². The van der Waals surface area contributed by atoms with E-state index in [1.165, 1.54) is 0 Å². The Balaban J connectivity index is 1.65. The van der Waals surface area contributed by atoms with Gasteiger partial charge in [-0.1, -0.05) is 29.3 Å². The highest BCUT2D eigenvalue weighted by atomic mass is 35.5. The molecule has 8 heteroatoms. The first-order valence-electron chi connectivity index (χ1n) is 10.8. The third-order valence-electron chi connectivity index (χ3n) is 5.99. The number of hydrogen-bond donors (Lipinski definition) is 1. The second-order valence-corrected chi connectivity index (χ2v) is 9.54. The number of halogens is 2. The highest BCUT2D eigenvalue weighted by Crippen LogP contribution is 2.43. The van der Waals surface area contributed by atoms with Gasteiger partial charge in [0, 0.05) is 48.6 Å². The summed E-state index contributed by atoms with van der Waals surface area (Å²) in [6.07, 6.45) is 3.81. The zero-order valence-electron chi connectivity index (χ0n) is 18.7. The van der Waals surface area contributed by atoms with E-state index >= 15 is 0 Å². The van der Waals surface area contributed by atoms with E-state index in [-0.39, 0.29) is 12.1 Å². The number of hydrogen-bond acceptors (Lipinski definition) is 3. The van der Waals surface area contributed by atoms with Crippen molar-refractivity contribution in [3.63, 3.8) is 0 Å². The van der Waals surface area contributed by atoms with Crippen LogP contribution in [-0.2, 0) is 0 Å². The smallest absolute Gasteiger partial charge is 0.174 e. The number of thiocarbonyl (C=S) groups is 1. The van der Waals surface area contributed by atoms with Gasteiger partial charge >= 0.3 is 0 Å². The van der Waals surface area contributed by atoms with Crippen LogP contribution in [0, 0.1) is 0 Å². The first-order valence-corrected chi connectivity index (χ1v) is 12.0. The van der Waals surface area contributed by atoms with Crippen molar-refractivity contribution in [3.8, 4) is 5.69 Å². The van der Waals surface area contributed by atoms with Gasteiger partial charge in [0.1, 0.15) is 6.04 Å². The van der Waals surface area contributed by atoms with E-state index < -0.39 is 0 Å². The standard InChI is InChI=1S/C26H23Cl2N5S/c1-31(2)18-9-11-19(12-10-18)33-25(24(30-26(33)34)21-6-3-4-14-29-21)23-7-5-15-32(23)22-13-8-17(27)16-20(22)28/h3-16,24-25H,1-2H3,(H,30,34)/t24-,25-/m0/s1. The summed E-state index contributed by atoms with van der Waals surface area (Å²) >= 11 is 18.6. The molecule has 1 aliphatic rings. The molecular weight excluding hydrogens is 485 g/mol. The first kappa shape index (κ1) is 22.7. The van der Waals surface area contributed by atoms with Crippen molar-refractivity contribution >= 4 is 51.9 Å². The van der Waals surface area contributed by atoms with Crippen LogP contribution < -0.4 is 15.1 Å². The maximum Gasteiger partial charge on any atom is 0.174 e. The summed E-state index contributed by atoms with van der Waals surface area (Å²) in [6, 6.07) is 23.7. The van der Waals surface area contributed by atoms with Gasteiger partial charge in [0.15, 0.2) is 5.11 Å². The molecule has 5 nitrogen and oxygen atoms in total. The number of anilines is 2. The lowest BCUT2D eigenvalue weighted by molar-refractivity contribution is 0.549. The SMILES string of the molecule is CN(C)c1ccc(N2C(=S)N[C@@H](c3ccccn3)[C@@H]2c2cccn2-c2ccc(Cl)cc2Cl)cc1. The van der Waals surface area contributed by atoms with Crippen molar-refractivity contribution in [2.75, 3.05) is 23.9 Å². The molecule has 5 rings (SSSR count). The second kappa shape index (κ2) is 9.29. The zero-order valence-corrected chi connectivity index (χ0v) is 21.0. The Morgan fingerprint density at radius 1 is 0.971 bits per heavy atom. The number of nitrogens with zero attached hydrogens (tertiary/aromatic N) is 4. The van der Waals surface area contributed by atoms with Gasteiger partial charge in [-0.3, -0.25) is 4.98 Å². The van der Waals surface area contributed by atoms with Crippen molar-refractivity contribution in [1.29, 1.82) is 0 Å². The molecule has 0 spiro atoms. The Labute approximate surface area is 214 Å². The fourth-order valence-electron chi connectivity index (χ4n) is 4.38. The summed E-state index contributed by atoms with van der Waals surface area (Å²) in [5.74, 6) is 0. The number of pyridine rings is 1. The molecule has 1 aliphatic heterocycles. The summed E-state index contributed by atoms with van der Waals surface area (Å²) in [6.45, 7) is 0. The lowest BCUT2D eigenvalue weighted by atomic mass is 10.0. The molecule has 0 unspecified atom stereocenters. The fraction of sp³-hybridized carbons (Fsp3) is 0.154. The van der Waals surface area contributed by atoms with Crippen LogP contribution in [0.4, 0.5) is 11.4 Å². The predicted octanol–water partition coefficient (Wildman–Crippen LogP) is 6.42. The number of benzene rings is 2. The van der Waals surface area contributed by atoms with Crippen molar-refractivity contribution in [2.45, 2.75) is 12.1 Å². The van der Waals surface area contributed by atoms with Gasteiger partial charge in [-0.05, 0) is 78.9 Å². The van der Waals surface area contributed by atoms with Crippen LogP contribution in [0.3, 0.4) is 0 Å². The third kappa shape index (κ3) is 4.13. The third-order valence-corrected chi connectivity index (χ3v) is 6.85. The van der Waals surface area contributed by atoms with Crippen LogP contribution in [0.15, 0.2) is 85.2 Å². The Hall–Kier alpha value is -3.06. The molecule has 1 fully saturated rings. The molecule has 2 atom stereocenters. The molecule has 34 heavy (non-hydrogen) atoms. The molecule has 0 radical (unpaired) electrons. The van der Waals surface area contributed by atoms with E-state index in [4.69, 9.17) is 35.4 Å². The van der Waals surface area contributed by atoms with Crippen molar-refractivity contribution < 1.29 is 0 Å². The number of nitrogens with one attached hydrogen (secondary N) is 1. The lowest BCUT2D eigenvalue weighted by Gasteiger charge is -2.29. The maximum atomic E-state index is 6.60. The van der Waals surface area contributed by atoms with E-state index in [0.29, 0.717) is 15.2 Å². The van der Waals surface area contributed by atoms with Gasteiger partial charge in [-0.25, -0.2) is 0 Å². The summed E-state index contributed by atoms with van der Waals surface area (Å²) in [7, 11) is 4.05. The molecule has 2 aromatic carbocycles. The van der Waals surface area contributed by atoms with Gasteiger partial charge in [-0.15, -0.1) is 0 Å². The average molecular weight is 508 g/mol. The van der Waals surface area contributed by atoms with Crippen LogP contribution in [0.2, 0.25) is 10.0 Å². The van der Waals surface area contributed by atoms with E-state index in [2.05, 4.69) is 55.0 Å².